The second kappa shape index (κ2) is 20.4. The minimum absolute atomic E-state index is 0. The van der Waals surface area contributed by atoms with Crippen molar-refractivity contribution in [3.05, 3.63) is 67.3 Å². The van der Waals surface area contributed by atoms with Crippen molar-refractivity contribution < 1.29 is 19.1 Å². The van der Waals surface area contributed by atoms with Gasteiger partial charge in [-0.05, 0) is 18.9 Å². The van der Waals surface area contributed by atoms with Gasteiger partial charge >= 0.3 is 11.9 Å². The topological polar surface area (TPSA) is 52.6 Å². The van der Waals surface area contributed by atoms with Crippen molar-refractivity contribution in [1.29, 1.82) is 0 Å². The molecule has 1 aromatic carbocycles. The van der Waals surface area contributed by atoms with Gasteiger partial charge in [-0.2, -0.15) is 0 Å². The minimum Gasteiger partial charge on any atom is -0.466 e. The van der Waals surface area contributed by atoms with E-state index in [9.17, 15) is 9.59 Å². The molecule has 4 nitrogen and oxygen atoms in total. The second-order valence-electron chi connectivity index (χ2n) is 4.61. The standard InChI is InChI=1S/C8H8.C7H12O2.C5H8O2.Na/c1-2-8-6-4-3-5-7-8;1-3-5-6-9-7(8)4-2;1-4(2)5(6)7-3;/h2-7H,1H2;4H,2-3,5-6H2,1H3;1H2,2-3H3;. The van der Waals surface area contributed by atoms with Crippen LogP contribution in [0.5, 0.6) is 0 Å². The van der Waals surface area contributed by atoms with E-state index in [1.165, 1.54) is 18.7 Å². The molecule has 0 bridgehead atoms. The number of methoxy groups -OCH3 is 1. The van der Waals surface area contributed by atoms with Crippen molar-refractivity contribution in [2.24, 2.45) is 0 Å². The van der Waals surface area contributed by atoms with E-state index in [-0.39, 0.29) is 41.5 Å². The van der Waals surface area contributed by atoms with Gasteiger partial charge in [-0.25, -0.2) is 9.59 Å². The number of hydrogen-bond acceptors (Lipinski definition) is 4. The number of carbonyl (C=O) groups excluding carboxylic acids is 2. The average Bonchev–Trinajstić information content (AvgIpc) is 2.62. The van der Waals surface area contributed by atoms with E-state index in [0.717, 1.165) is 12.8 Å². The maximum Gasteiger partial charge on any atom is 0.332 e. The first-order valence-electron chi connectivity index (χ1n) is 7.63. The zero-order chi connectivity index (χ0) is 18.8. The van der Waals surface area contributed by atoms with Crippen LogP contribution in [0.2, 0.25) is 0 Å². The molecule has 0 heterocycles. The largest absolute Gasteiger partial charge is 0.466 e. The smallest absolute Gasteiger partial charge is 0.332 e. The van der Waals surface area contributed by atoms with Crippen LogP contribution in [-0.4, -0.2) is 55.2 Å². The molecule has 0 saturated carbocycles. The van der Waals surface area contributed by atoms with E-state index in [0.29, 0.717) is 12.2 Å². The molecule has 1 aromatic rings. The summed E-state index contributed by atoms with van der Waals surface area (Å²) in [5, 5.41) is 0. The summed E-state index contributed by atoms with van der Waals surface area (Å²) in [5.41, 5.74) is 1.61. The van der Waals surface area contributed by atoms with Gasteiger partial charge in [0.05, 0.1) is 13.7 Å². The van der Waals surface area contributed by atoms with E-state index in [1.807, 2.05) is 43.3 Å². The average molecular weight is 355 g/mol. The third kappa shape index (κ3) is 20.3. The van der Waals surface area contributed by atoms with Gasteiger partial charge in [0, 0.05) is 41.2 Å². The summed E-state index contributed by atoms with van der Waals surface area (Å²) in [7, 11) is 1.33. The van der Waals surface area contributed by atoms with Crippen molar-refractivity contribution in [1.82, 2.24) is 0 Å². The van der Waals surface area contributed by atoms with E-state index in [1.54, 1.807) is 6.92 Å². The zero-order valence-electron chi connectivity index (χ0n) is 15.9. The molecule has 0 aliphatic carbocycles. The van der Waals surface area contributed by atoms with E-state index >= 15 is 0 Å². The van der Waals surface area contributed by atoms with Crippen LogP contribution in [0, 0.1) is 0 Å². The van der Waals surface area contributed by atoms with Crippen molar-refractivity contribution in [3.8, 4) is 0 Å². The van der Waals surface area contributed by atoms with Crippen LogP contribution in [0.3, 0.4) is 0 Å². The van der Waals surface area contributed by atoms with Crippen LogP contribution < -0.4 is 0 Å². The maximum absolute atomic E-state index is 10.3. The van der Waals surface area contributed by atoms with Crippen molar-refractivity contribution in [2.75, 3.05) is 13.7 Å². The second-order valence-corrected chi connectivity index (χ2v) is 4.61. The Morgan fingerprint density at radius 1 is 1.16 bits per heavy atom. The number of rotatable bonds is 6. The van der Waals surface area contributed by atoms with Crippen LogP contribution in [0.4, 0.5) is 0 Å². The number of esters is 2. The van der Waals surface area contributed by atoms with Gasteiger partial charge in [0.1, 0.15) is 0 Å². The molecule has 0 N–H and O–H groups in total. The Balaban J connectivity index is -0.000000287. The van der Waals surface area contributed by atoms with Gasteiger partial charge in [-0.1, -0.05) is 69.5 Å². The predicted molar refractivity (Wildman–Crippen MR) is 105 cm³/mol. The fourth-order valence-corrected chi connectivity index (χ4v) is 1.14. The molecule has 0 aliphatic heterocycles. The van der Waals surface area contributed by atoms with E-state index in [2.05, 4.69) is 29.2 Å². The molecule has 133 valence electrons. The van der Waals surface area contributed by atoms with Gasteiger partial charge in [-0.3, -0.25) is 0 Å². The molecule has 1 rings (SSSR count). The van der Waals surface area contributed by atoms with Crippen molar-refractivity contribution in [3.63, 3.8) is 0 Å². The van der Waals surface area contributed by atoms with E-state index < -0.39 is 0 Å². The normalized spacial score (nSPS) is 7.96. The summed E-state index contributed by atoms with van der Waals surface area (Å²) in [6.07, 6.45) is 4.99. The number of hydrogen-bond donors (Lipinski definition) is 0. The SMILES string of the molecule is C=C(C)C(=O)OC.C=CC(=O)OCCCC.C=Cc1ccccc1.[Na]. The Hall–Kier alpha value is -1.62. The summed E-state index contributed by atoms with van der Waals surface area (Å²) in [6, 6.07) is 10.0. The van der Waals surface area contributed by atoms with Crippen LogP contribution in [0.25, 0.3) is 6.08 Å². The quantitative estimate of drug-likeness (QED) is 0.332. The molecule has 0 aromatic heterocycles. The molecular weight excluding hydrogens is 327 g/mol. The Morgan fingerprint density at radius 2 is 1.72 bits per heavy atom. The molecule has 0 fully saturated rings. The number of unbranched alkanes of at least 4 members (excludes halogenated alkanes) is 1. The van der Waals surface area contributed by atoms with E-state index in [4.69, 9.17) is 0 Å². The summed E-state index contributed by atoms with van der Waals surface area (Å²) >= 11 is 0. The molecule has 0 spiro atoms. The van der Waals surface area contributed by atoms with Gasteiger partial charge in [-0.15, -0.1) is 0 Å². The molecule has 1 radical (unpaired) electrons. The summed E-state index contributed by atoms with van der Waals surface area (Å²) < 4.78 is 8.95. The molecule has 0 aliphatic rings. The third-order valence-corrected chi connectivity index (χ3v) is 2.48. The van der Waals surface area contributed by atoms with Crippen molar-refractivity contribution >= 4 is 47.6 Å². The molecule has 0 atom stereocenters. The van der Waals surface area contributed by atoms with Gasteiger partial charge in [0.25, 0.3) is 0 Å². The fourth-order valence-electron chi connectivity index (χ4n) is 1.14. The monoisotopic (exact) mass is 355 g/mol. The van der Waals surface area contributed by atoms with Gasteiger partial charge < -0.3 is 9.47 Å². The molecule has 5 heteroatoms. The van der Waals surface area contributed by atoms with Gasteiger partial charge in [0.15, 0.2) is 0 Å². The zero-order valence-corrected chi connectivity index (χ0v) is 17.9. The fraction of sp³-hybridized carbons (Fsp3) is 0.300. The first-order valence-corrected chi connectivity index (χ1v) is 7.63. The maximum atomic E-state index is 10.3. The molecule has 0 amide bonds. The van der Waals surface area contributed by atoms with Gasteiger partial charge in [0.2, 0.25) is 0 Å². The first-order chi connectivity index (χ1) is 11.4. The number of carbonyl (C=O) groups is 2. The predicted octanol–water partition coefficient (Wildman–Crippen LogP) is 4.20. The van der Waals surface area contributed by atoms with Crippen LogP contribution >= 0.6 is 0 Å². The number of ether oxygens (including phenoxy) is 2. The van der Waals surface area contributed by atoms with Crippen LogP contribution in [-0.2, 0) is 19.1 Å². The molecule has 0 saturated heterocycles. The Bertz CT molecular complexity index is 510. The molecular formula is C20H28NaO4. The summed E-state index contributed by atoms with van der Waals surface area (Å²) in [6.45, 7) is 14.4. The summed E-state index contributed by atoms with van der Waals surface area (Å²) in [4.78, 5) is 20.5. The first kappa shape index (κ1) is 28.2. The van der Waals surface area contributed by atoms with Crippen molar-refractivity contribution in [2.45, 2.75) is 26.7 Å². The third-order valence-electron chi connectivity index (χ3n) is 2.48. The molecule has 25 heavy (non-hydrogen) atoms. The number of benzene rings is 1. The molecule has 0 unspecified atom stereocenters. The minimum atomic E-state index is -0.347. The Labute approximate surface area is 173 Å². The summed E-state index contributed by atoms with van der Waals surface area (Å²) in [5.74, 6) is -0.677. The van der Waals surface area contributed by atoms with Crippen LogP contribution in [0.15, 0.2) is 61.7 Å². The Kier molecular flexibility index (Phi) is 23.0. The Morgan fingerprint density at radius 3 is 2.00 bits per heavy atom. The van der Waals surface area contributed by atoms with Crippen LogP contribution in [0.1, 0.15) is 32.3 Å².